The number of hydrogen-bond donors (Lipinski definition) is 0. The molecule has 1 aromatic rings. The lowest BCUT2D eigenvalue weighted by Crippen LogP contribution is -1.97. The summed E-state index contributed by atoms with van der Waals surface area (Å²) in [5, 5.41) is 10.1. The Bertz CT molecular complexity index is 333. The van der Waals surface area contributed by atoms with Gasteiger partial charge in [-0.15, -0.1) is 11.3 Å². The molecule has 0 aliphatic heterocycles. The van der Waals surface area contributed by atoms with Crippen molar-refractivity contribution < 1.29 is 14.5 Å². The average molecular weight is 201 g/mol. The van der Waals surface area contributed by atoms with Crippen LogP contribution in [0.2, 0.25) is 0 Å². The molecule has 0 radical (unpaired) electrons. The largest absolute Gasteiger partial charge is 0.465 e. The van der Waals surface area contributed by atoms with E-state index in [1.165, 1.54) is 13.2 Å². The minimum atomic E-state index is -0.459. The quantitative estimate of drug-likeness (QED) is 0.420. The van der Waals surface area contributed by atoms with Gasteiger partial charge in [-0.2, -0.15) is 0 Å². The summed E-state index contributed by atoms with van der Waals surface area (Å²) in [5.74, 6) is -0.459. The van der Waals surface area contributed by atoms with Crippen molar-refractivity contribution >= 4 is 17.3 Å². The third-order valence-corrected chi connectivity index (χ3v) is 2.38. The Morgan fingerprint density at radius 3 is 2.92 bits per heavy atom. The summed E-state index contributed by atoms with van der Waals surface area (Å²) < 4.78 is 4.46. The summed E-state index contributed by atoms with van der Waals surface area (Å²) in [4.78, 5) is 21.5. The van der Waals surface area contributed by atoms with Gasteiger partial charge in [0, 0.05) is 4.92 Å². The summed E-state index contributed by atoms with van der Waals surface area (Å²) in [6, 6.07) is 3.08. The van der Waals surface area contributed by atoms with Gasteiger partial charge in [-0.1, -0.05) is 0 Å². The van der Waals surface area contributed by atoms with Crippen LogP contribution in [0.4, 0.5) is 0 Å². The van der Waals surface area contributed by atoms with Gasteiger partial charge in [0.25, 0.3) is 0 Å². The Morgan fingerprint density at radius 1 is 1.69 bits per heavy atom. The third-order valence-electron chi connectivity index (χ3n) is 1.33. The van der Waals surface area contributed by atoms with Crippen molar-refractivity contribution in [1.29, 1.82) is 0 Å². The maximum absolute atomic E-state index is 10.9. The molecular weight excluding hydrogens is 194 g/mol. The highest BCUT2D eigenvalue weighted by Crippen LogP contribution is 2.17. The topological polar surface area (TPSA) is 69.4 Å². The number of esters is 1. The fourth-order valence-corrected chi connectivity index (χ4v) is 1.69. The van der Waals surface area contributed by atoms with Crippen molar-refractivity contribution in [3.8, 4) is 0 Å². The highest BCUT2D eigenvalue weighted by Gasteiger charge is 2.11. The number of rotatable bonds is 3. The van der Waals surface area contributed by atoms with E-state index in [0.717, 1.165) is 11.3 Å². The van der Waals surface area contributed by atoms with Crippen LogP contribution in [0.25, 0.3) is 0 Å². The second kappa shape index (κ2) is 3.99. The SMILES string of the molecule is COC(=O)c1ccc(C[N+](=O)[O-])s1. The molecule has 0 amide bonds. The molecule has 0 N–H and O–H groups in total. The van der Waals surface area contributed by atoms with Crippen LogP contribution in [-0.2, 0) is 11.3 Å². The molecule has 0 bridgehead atoms. The zero-order valence-electron chi connectivity index (χ0n) is 6.85. The van der Waals surface area contributed by atoms with Crippen molar-refractivity contribution in [3.63, 3.8) is 0 Å². The Kier molecular flexibility index (Phi) is 2.97. The van der Waals surface area contributed by atoms with E-state index < -0.39 is 10.9 Å². The maximum atomic E-state index is 10.9. The van der Waals surface area contributed by atoms with Crippen LogP contribution in [0.15, 0.2) is 12.1 Å². The highest BCUT2D eigenvalue weighted by molar-refractivity contribution is 7.13. The Balaban J connectivity index is 2.74. The normalized spacial score (nSPS) is 9.62. The van der Waals surface area contributed by atoms with Gasteiger partial charge in [0.15, 0.2) is 0 Å². The number of carbonyl (C=O) groups excluding carboxylic acids is 1. The van der Waals surface area contributed by atoms with Gasteiger partial charge in [-0.05, 0) is 12.1 Å². The Labute approximate surface area is 78.1 Å². The van der Waals surface area contributed by atoms with Crippen LogP contribution in [0, 0.1) is 10.1 Å². The molecule has 0 aliphatic rings. The number of thiophene rings is 1. The summed E-state index contributed by atoms with van der Waals surface area (Å²) in [6.07, 6.45) is 0. The fourth-order valence-electron chi connectivity index (χ4n) is 0.800. The molecule has 0 spiro atoms. The molecule has 5 nitrogen and oxygen atoms in total. The predicted molar refractivity (Wildman–Crippen MR) is 46.4 cm³/mol. The Morgan fingerprint density at radius 2 is 2.38 bits per heavy atom. The molecule has 1 rings (SSSR count). The first-order chi connectivity index (χ1) is 6.13. The first-order valence-electron chi connectivity index (χ1n) is 3.42. The summed E-state index contributed by atoms with van der Waals surface area (Å²) in [6.45, 7) is -0.248. The van der Waals surface area contributed by atoms with E-state index in [2.05, 4.69) is 4.74 Å². The smallest absolute Gasteiger partial charge is 0.348 e. The van der Waals surface area contributed by atoms with Crippen LogP contribution >= 0.6 is 11.3 Å². The van der Waals surface area contributed by atoms with Crippen LogP contribution in [-0.4, -0.2) is 18.0 Å². The second-order valence-corrected chi connectivity index (χ2v) is 3.42. The average Bonchev–Trinajstić information content (AvgIpc) is 2.50. The van der Waals surface area contributed by atoms with E-state index in [-0.39, 0.29) is 6.54 Å². The molecule has 0 saturated carbocycles. The van der Waals surface area contributed by atoms with E-state index in [4.69, 9.17) is 0 Å². The first kappa shape index (κ1) is 9.66. The van der Waals surface area contributed by atoms with E-state index >= 15 is 0 Å². The number of nitrogens with zero attached hydrogens (tertiary/aromatic N) is 1. The van der Waals surface area contributed by atoms with Gasteiger partial charge >= 0.3 is 5.97 Å². The van der Waals surface area contributed by atoms with Crippen molar-refractivity contribution in [2.45, 2.75) is 6.54 Å². The van der Waals surface area contributed by atoms with E-state index in [0.29, 0.717) is 9.75 Å². The van der Waals surface area contributed by atoms with Gasteiger partial charge in [0.1, 0.15) is 4.88 Å². The minimum Gasteiger partial charge on any atom is -0.465 e. The van der Waals surface area contributed by atoms with Gasteiger partial charge in [0.2, 0.25) is 6.54 Å². The molecule has 0 aromatic carbocycles. The number of hydrogen-bond acceptors (Lipinski definition) is 5. The molecule has 0 unspecified atom stereocenters. The standard InChI is InChI=1S/C7H7NO4S/c1-12-7(9)6-3-2-5(13-6)4-8(10)11/h2-3H,4H2,1H3. The zero-order valence-corrected chi connectivity index (χ0v) is 7.67. The molecule has 0 saturated heterocycles. The molecule has 0 fully saturated rings. The van der Waals surface area contributed by atoms with Crippen molar-refractivity contribution in [1.82, 2.24) is 0 Å². The number of nitro groups is 1. The summed E-state index contributed by atoms with van der Waals surface area (Å²) >= 11 is 1.08. The van der Waals surface area contributed by atoms with Gasteiger partial charge in [-0.25, -0.2) is 4.79 Å². The van der Waals surface area contributed by atoms with E-state index in [1.807, 2.05) is 0 Å². The van der Waals surface area contributed by atoms with E-state index in [1.54, 1.807) is 6.07 Å². The van der Waals surface area contributed by atoms with Crippen LogP contribution < -0.4 is 0 Å². The van der Waals surface area contributed by atoms with Crippen LogP contribution in [0.5, 0.6) is 0 Å². The zero-order chi connectivity index (χ0) is 9.84. The van der Waals surface area contributed by atoms with Crippen molar-refractivity contribution in [2.24, 2.45) is 0 Å². The molecule has 1 heterocycles. The molecule has 6 heteroatoms. The predicted octanol–water partition coefficient (Wildman–Crippen LogP) is 1.31. The maximum Gasteiger partial charge on any atom is 0.348 e. The lowest BCUT2D eigenvalue weighted by molar-refractivity contribution is -0.496. The first-order valence-corrected chi connectivity index (χ1v) is 4.24. The molecular formula is C7H7NO4S. The molecule has 70 valence electrons. The monoisotopic (exact) mass is 201 g/mol. The number of carbonyl (C=O) groups is 1. The minimum absolute atomic E-state index is 0.248. The number of methoxy groups -OCH3 is 1. The molecule has 1 aromatic heterocycles. The summed E-state index contributed by atoms with van der Waals surface area (Å²) in [7, 11) is 1.27. The lowest BCUT2D eigenvalue weighted by Gasteiger charge is -1.91. The van der Waals surface area contributed by atoms with Gasteiger partial charge < -0.3 is 4.74 Å². The highest BCUT2D eigenvalue weighted by atomic mass is 32.1. The lowest BCUT2D eigenvalue weighted by atomic mass is 10.4. The molecule has 0 atom stereocenters. The summed E-state index contributed by atoms with van der Waals surface area (Å²) in [5.41, 5.74) is 0. The van der Waals surface area contributed by atoms with Crippen molar-refractivity contribution in [3.05, 3.63) is 32.0 Å². The fraction of sp³-hybridized carbons (Fsp3) is 0.286. The molecule has 13 heavy (non-hydrogen) atoms. The van der Waals surface area contributed by atoms with Gasteiger partial charge in [-0.3, -0.25) is 10.1 Å². The number of ether oxygens (including phenoxy) is 1. The second-order valence-electron chi connectivity index (χ2n) is 2.25. The Hall–Kier alpha value is -1.43. The van der Waals surface area contributed by atoms with Crippen LogP contribution in [0.1, 0.15) is 14.5 Å². The van der Waals surface area contributed by atoms with Crippen molar-refractivity contribution in [2.75, 3.05) is 7.11 Å². The third kappa shape index (κ3) is 2.51. The van der Waals surface area contributed by atoms with Gasteiger partial charge in [0.05, 0.1) is 12.0 Å². The molecule has 0 aliphatic carbocycles. The van der Waals surface area contributed by atoms with Crippen LogP contribution in [0.3, 0.4) is 0 Å². The van der Waals surface area contributed by atoms with E-state index in [9.17, 15) is 14.9 Å².